The topological polar surface area (TPSA) is 107 Å². The van der Waals surface area contributed by atoms with Crippen LogP contribution in [0.3, 0.4) is 0 Å². The predicted octanol–water partition coefficient (Wildman–Crippen LogP) is 0.983. The maximum Gasteiger partial charge on any atom is 0.241 e. The second kappa shape index (κ2) is 3.57. The molecule has 1 aromatic heterocycles. The van der Waals surface area contributed by atoms with E-state index in [0.717, 1.165) is 6.07 Å². The second-order valence-electron chi connectivity index (χ2n) is 4.81. The van der Waals surface area contributed by atoms with Crippen molar-refractivity contribution in [2.75, 3.05) is 0 Å². The van der Waals surface area contributed by atoms with Gasteiger partial charge in [-0.15, -0.1) is 0 Å². The van der Waals surface area contributed by atoms with Crippen molar-refractivity contribution in [3.63, 3.8) is 0 Å². The number of rotatable bonds is 1. The highest BCUT2D eigenvalue weighted by Gasteiger charge is 2.27. The zero-order valence-electron chi connectivity index (χ0n) is 10.4. The van der Waals surface area contributed by atoms with Crippen LogP contribution in [0.15, 0.2) is 49.2 Å². The number of hydrogen-bond acceptors (Lipinski definition) is 5. The van der Waals surface area contributed by atoms with Crippen molar-refractivity contribution in [1.29, 1.82) is 0 Å². The van der Waals surface area contributed by atoms with Crippen molar-refractivity contribution in [2.24, 2.45) is 5.14 Å². The Morgan fingerprint density at radius 3 is 2.14 bits per heavy atom. The Labute approximate surface area is 117 Å². The molecule has 0 aliphatic carbocycles. The van der Waals surface area contributed by atoms with Crippen molar-refractivity contribution in [3.8, 4) is 0 Å². The molecule has 0 radical (unpaired) electrons. The Morgan fingerprint density at radius 1 is 0.905 bits per heavy atom. The fraction of sp³-hybridized carbons (Fsp3) is 0. The van der Waals surface area contributed by atoms with Crippen LogP contribution in [0, 0.1) is 0 Å². The molecule has 0 fully saturated rings. The molecular weight excluding hydrogens is 294 g/mol. The third kappa shape index (κ3) is 1.52. The summed E-state index contributed by atoms with van der Waals surface area (Å²) in [4.78, 5) is 24.7. The molecule has 0 bridgehead atoms. The van der Waals surface area contributed by atoms with Gasteiger partial charge in [-0.25, -0.2) is 13.6 Å². The summed E-state index contributed by atoms with van der Waals surface area (Å²) in [6.45, 7) is 0. The summed E-state index contributed by atoms with van der Waals surface area (Å²) in [5.41, 5.74) is -0.584. The lowest BCUT2D eigenvalue weighted by Crippen LogP contribution is -2.15. The highest BCUT2D eigenvalue weighted by molar-refractivity contribution is 7.89. The maximum atomic E-state index is 12.5. The molecule has 0 aliphatic heterocycles. The van der Waals surface area contributed by atoms with Crippen molar-refractivity contribution < 1.29 is 12.8 Å². The first-order chi connectivity index (χ1) is 9.89. The molecule has 1 heterocycles. The molecular formula is C14H7NO5S. The Hall–Kier alpha value is -2.51. The Balaban J connectivity index is 2.37. The number of primary sulfonamides is 1. The lowest BCUT2D eigenvalue weighted by atomic mass is 10.0. The highest BCUT2D eigenvalue weighted by Crippen LogP contribution is 2.36. The monoisotopic (exact) mass is 301 g/mol. The number of nitrogens with two attached hydrogens (primary N) is 1. The van der Waals surface area contributed by atoms with Crippen LogP contribution in [-0.2, 0) is 10.0 Å². The van der Waals surface area contributed by atoms with E-state index in [-0.39, 0.29) is 43.0 Å². The van der Waals surface area contributed by atoms with Gasteiger partial charge < -0.3 is 4.42 Å². The number of benzene rings is 3. The van der Waals surface area contributed by atoms with Crippen LogP contribution in [-0.4, -0.2) is 8.42 Å². The summed E-state index contributed by atoms with van der Waals surface area (Å²) in [5, 5.41) is 5.75. The normalized spacial score (nSPS) is 12.8. The molecule has 7 heteroatoms. The second-order valence-corrected chi connectivity index (χ2v) is 6.34. The molecule has 0 atom stereocenters. The molecule has 0 unspecified atom stereocenters. The molecule has 0 saturated heterocycles. The van der Waals surface area contributed by atoms with Gasteiger partial charge in [0.15, 0.2) is 22.0 Å². The fourth-order valence-electron chi connectivity index (χ4n) is 2.57. The quantitative estimate of drug-likeness (QED) is 0.527. The van der Waals surface area contributed by atoms with E-state index in [1.165, 1.54) is 6.07 Å². The lowest BCUT2D eigenvalue weighted by molar-refractivity contribution is 0.598. The van der Waals surface area contributed by atoms with Crippen LogP contribution in [0.2, 0.25) is 0 Å². The summed E-state index contributed by atoms with van der Waals surface area (Å²) < 4.78 is 28.1. The van der Waals surface area contributed by atoms with Crippen LogP contribution < -0.4 is 16.0 Å². The van der Waals surface area contributed by atoms with Gasteiger partial charge in [0.2, 0.25) is 10.0 Å². The first-order valence-corrected chi connectivity index (χ1v) is 7.54. The van der Waals surface area contributed by atoms with E-state index in [4.69, 9.17) is 9.56 Å². The minimum Gasteiger partial charge on any atom is -0.447 e. The number of sulfonamides is 1. The third-order valence-electron chi connectivity index (χ3n) is 3.56. The van der Waals surface area contributed by atoms with E-state index in [2.05, 4.69) is 0 Å². The minimum absolute atomic E-state index is 0.0129. The lowest BCUT2D eigenvalue weighted by Gasteiger charge is -2.00. The average Bonchev–Trinajstić information content (AvgIpc) is 3.22. The van der Waals surface area contributed by atoms with Gasteiger partial charge in [-0.3, -0.25) is 9.59 Å². The molecule has 3 aromatic carbocycles. The Morgan fingerprint density at radius 2 is 1.52 bits per heavy atom. The SMILES string of the molecule is NS(=O)(=O)c1cc2c(=O)c3ccccc3c(=O)c2c2oc12. The van der Waals surface area contributed by atoms with Gasteiger partial charge in [0.25, 0.3) is 0 Å². The fourth-order valence-corrected chi connectivity index (χ4v) is 3.24. The van der Waals surface area contributed by atoms with E-state index in [1.54, 1.807) is 18.2 Å². The molecule has 6 nitrogen and oxygen atoms in total. The van der Waals surface area contributed by atoms with E-state index in [0.29, 0.717) is 0 Å². The number of fused-ring (bicyclic) bond motifs is 4. The minimum atomic E-state index is -4.02. The molecule has 0 amide bonds. The van der Waals surface area contributed by atoms with Gasteiger partial charge in [-0.1, -0.05) is 24.3 Å². The molecule has 0 spiro atoms. The molecule has 4 rings (SSSR count). The summed E-state index contributed by atoms with van der Waals surface area (Å²) in [6.07, 6.45) is 0. The van der Waals surface area contributed by atoms with Crippen LogP contribution in [0.25, 0.3) is 32.7 Å². The Kier molecular flexibility index (Phi) is 2.08. The van der Waals surface area contributed by atoms with Gasteiger partial charge in [0.05, 0.1) is 5.39 Å². The average molecular weight is 301 g/mol. The number of hydrogen-bond donors (Lipinski definition) is 1. The summed E-state index contributed by atoms with van der Waals surface area (Å²) in [6, 6.07) is 7.50. The van der Waals surface area contributed by atoms with Crippen molar-refractivity contribution in [1.82, 2.24) is 0 Å². The smallest absolute Gasteiger partial charge is 0.241 e. The largest absolute Gasteiger partial charge is 0.447 e. The third-order valence-corrected chi connectivity index (χ3v) is 4.48. The standard InChI is InChI=1S/C14H7NO5S/c15-21(18,19)9-5-8-10(14-13(9)20-14)12(17)7-4-2-1-3-6(7)11(8)16/h1-5H,(H2,15,18,19). The maximum absolute atomic E-state index is 12.5. The zero-order valence-corrected chi connectivity index (χ0v) is 11.2. The van der Waals surface area contributed by atoms with Gasteiger partial charge >= 0.3 is 0 Å². The first-order valence-electron chi connectivity index (χ1n) is 5.99. The van der Waals surface area contributed by atoms with Crippen LogP contribution >= 0.6 is 0 Å². The van der Waals surface area contributed by atoms with Crippen LogP contribution in [0.5, 0.6) is 0 Å². The van der Waals surface area contributed by atoms with E-state index in [9.17, 15) is 18.0 Å². The van der Waals surface area contributed by atoms with Gasteiger partial charge in [-0.2, -0.15) is 0 Å². The van der Waals surface area contributed by atoms with Crippen molar-refractivity contribution >= 4 is 42.7 Å². The molecule has 2 N–H and O–H groups in total. The van der Waals surface area contributed by atoms with Crippen LogP contribution in [0.1, 0.15) is 0 Å². The summed E-state index contributed by atoms with van der Waals surface area (Å²) in [5.74, 6) is 0. The molecule has 104 valence electrons. The Bertz CT molecular complexity index is 1240. The predicted molar refractivity (Wildman–Crippen MR) is 77.5 cm³/mol. The van der Waals surface area contributed by atoms with Crippen molar-refractivity contribution in [3.05, 3.63) is 50.8 Å². The van der Waals surface area contributed by atoms with Gasteiger partial charge in [0.1, 0.15) is 4.90 Å². The van der Waals surface area contributed by atoms with Crippen molar-refractivity contribution in [2.45, 2.75) is 4.90 Å². The van der Waals surface area contributed by atoms with Gasteiger partial charge in [0, 0.05) is 16.2 Å². The van der Waals surface area contributed by atoms with Gasteiger partial charge in [-0.05, 0) is 6.07 Å². The molecule has 0 saturated carbocycles. The highest BCUT2D eigenvalue weighted by atomic mass is 32.2. The summed E-state index contributed by atoms with van der Waals surface area (Å²) in [7, 11) is -4.02. The molecule has 0 aliphatic rings. The zero-order chi connectivity index (χ0) is 14.9. The van der Waals surface area contributed by atoms with E-state index < -0.39 is 15.5 Å². The molecule has 4 aromatic rings. The molecule has 21 heavy (non-hydrogen) atoms. The van der Waals surface area contributed by atoms with E-state index in [1.807, 2.05) is 0 Å². The summed E-state index contributed by atoms with van der Waals surface area (Å²) >= 11 is 0. The van der Waals surface area contributed by atoms with E-state index >= 15 is 0 Å². The first kappa shape index (κ1) is 12.2. The van der Waals surface area contributed by atoms with Crippen LogP contribution in [0.4, 0.5) is 0 Å².